The largest absolute Gasteiger partial charge is 0.383 e. The number of morpholine rings is 1. The van der Waals surface area contributed by atoms with Crippen molar-refractivity contribution in [2.75, 3.05) is 44.7 Å². The maximum atomic E-state index is 5.35. The molecule has 0 aliphatic carbocycles. The van der Waals surface area contributed by atoms with Crippen LogP contribution in [-0.4, -0.2) is 49.3 Å². The zero-order valence-corrected chi connectivity index (χ0v) is 12.3. The lowest BCUT2D eigenvalue weighted by molar-refractivity contribution is 0.0325. The first kappa shape index (κ1) is 13.8. The Bertz CT molecular complexity index is 369. The van der Waals surface area contributed by atoms with E-state index in [1.54, 1.807) is 6.20 Å². The number of pyridine rings is 1. The van der Waals surface area contributed by atoms with Gasteiger partial charge < -0.3 is 10.1 Å². The molecule has 1 atom stereocenters. The zero-order chi connectivity index (χ0) is 12.8. The number of anilines is 1. The lowest BCUT2D eigenvalue weighted by Crippen LogP contribution is -2.40. The van der Waals surface area contributed by atoms with Crippen LogP contribution in [-0.2, 0) is 4.74 Å². The fourth-order valence-corrected chi connectivity index (χ4v) is 2.45. The summed E-state index contributed by atoms with van der Waals surface area (Å²) in [6.07, 6.45) is 3.65. The quantitative estimate of drug-likeness (QED) is 0.904. The maximum absolute atomic E-state index is 5.35. The van der Waals surface area contributed by atoms with Crippen LogP contribution >= 0.6 is 15.9 Å². The minimum absolute atomic E-state index is 0.613. The minimum atomic E-state index is 0.613. The topological polar surface area (TPSA) is 37.4 Å². The van der Waals surface area contributed by atoms with E-state index >= 15 is 0 Å². The molecule has 4 nitrogen and oxygen atoms in total. The fourth-order valence-electron chi connectivity index (χ4n) is 2.09. The first-order valence-corrected chi connectivity index (χ1v) is 7.18. The van der Waals surface area contributed by atoms with Crippen molar-refractivity contribution in [3.05, 3.63) is 22.9 Å². The Morgan fingerprint density at radius 2 is 2.22 bits per heavy atom. The van der Waals surface area contributed by atoms with Crippen LogP contribution in [0.4, 0.5) is 5.69 Å². The van der Waals surface area contributed by atoms with Crippen LogP contribution in [0.1, 0.15) is 6.92 Å². The zero-order valence-electron chi connectivity index (χ0n) is 10.7. The van der Waals surface area contributed by atoms with E-state index < -0.39 is 0 Å². The number of nitrogens with zero attached hydrogens (tertiary/aromatic N) is 2. The molecule has 1 fully saturated rings. The summed E-state index contributed by atoms with van der Waals surface area (Å²) in [7, 11) is 0. The Hall–Kier alpha value is -0.650. The van der Waals surface area contributed by atoms with Gasteiger partial charge in [0, 0.05) is 36.8 Å². The van der Waals surface area contributed by atoms with E-state index in [9.17, 15) is 0 Å². The SMILES string of the molecule is C[C@@H](CNc1cncc(Br)c1)CN1CCOCC1. The molecule has 0 saturated carbocycles. The summed E-state index contributed by atoms with van der Waals surface area (Å²) < 4.78 is 6.36. The average Bonchev–Trinajstić information content (AvgIpc) is 2.38. The molecule has 0 radical (unpaired) electrons. The van der Waals surface area contributed by atoms with E-state index in [4.69, 9.17) is 4.74 Å². The third-order valence-corrected chi connectivity index (χ3v) is 3.47. The van der Waals surface area contributed by atoms with E-state index in [0.29, 0.717) is 5.92 Å². The second kappa shape index (κ2) is 7.07. The van der Waals surface area contributed by atoms with Crippen molar-refractivity contribution in [2.24, 2.45) is 5.92 Å². The molecule has 1 aromatic rings. The van der Waals surface area contributed by atoms with Crippen molar-refractivity contribution in [3.8, 4) is 0 Å². The highest BCUT2D eigenvalue weighted by Crippen LogP contribution is 2.14. The monoisotopic (exact) mass is 313 g/mol. The Labute approximate surface area is 117 Å². The number of hydrogen-bond acceptors (Lipinski definition) is 4. The summed E-state index contributed by atoms with van der Waals surface area (Å²) in [5.41, 5.74) is 1.07. The molecule has 18 heavy (non-hydrogen) atoms. The number of halogens is 1. The second-order valence-electron chi connectivity index (χ2n) is 4.79. The predicted octanol–water partition coefficient (Wildman–Crippen LogP) is 2.22. The van der Waals surface area contributed by atoms with E-state index in [2.05, 4.69) is 44.1 Å². The van der Waals surface area contributed by atoms with E-state index in [0.717, 1.165) is 49.6 Å². The lowest BCUT2D eigenvalue weighted by atomic mass is 10.1. The number of nitrogens with one attached hydrogen (secondary N) is 1. The van der Waals surface area contributed by atoms with Gasteiger partial charge in [-0.1, -0.05) is 6.92 Å². The van der Waals surface area contributed by atoms with Crippen LogP contribution in [0, 0.1) is 5.92 Å². The Kier molecular flexibility index (Phi) is 5.41. The van der Waals surface area contributed by atoms with Crippen LogP contribution in [0.2, 0.25) is 0 Å². The molecular formula is C13H20BrN3O. The van der Waals surface area contributed by atoms with Crippen molar-refractivity contribution in [2.45, 2.75) is 6.92 Å². The molecule has 1 aliphatic rings. The average molecular weight is 314 g/mol. The Morgan fingerprint density at radius 3 is 2.94 bits per heavy atom. The molecular weight excluding hydrogens is 294 g/mol. The molecule has 5 heteroatoms. The van der Waals surface area contributed by atoms with Gasteiger partial charge in [0.15, 0.2) is 0 Å². The Morgan fingerprint density at radius 1 is 1.44 bits per heavy atom. The molecule has 1 saturated heterocycles. The molecule has 0 spiro atoms. The molecule has 2 heterocycles. The molecule has 0 amide bonds. The van der Waals surface area contributed by atoms with Gasteiger partial charge in [-0.05, 0) is 27.9 Å². The maximum Gasteiger partial charge on any atom is 0.0594 e. The van der Waals surface area contributed by atoms with Crippen molar-refractivity contribution >= 4 is 21.6 Å². The molecule has 0 bridgehead atoms. The third kappa shape index (κ3) is 4.55. The van der Waals surface area contributed by atoms with Crippen molar-refractivity contribution < 1.29 is 4.74 Å². The van der Waals surface area contributed by atoms with Crippen molar-refractivity contribution in [1.82, 2.24) is 9.88 Å². The van der Waals surface area contributed by atoms with Crippen LogP contribution in [0.25, 0.3) is 0 Å². The molecule has 0 aromatic carbocycles. The molecule has 100 valence electrons. The van der Waals surface area contributed by atoms with Gasteiger partial charge in [-0.3, -0.25) is 9.88 Å². The highest BCUT2D eigenvalue weighted by atomic mass is 79.9. The van der Waals surface area contributed by atoms with Crippen molar-refractivity contribution in [1.29, 1.82) is 0 Å². The standard InChI is InChI=1S/C13H20BrN3O/c1-11(10-17-2-4-18-5-3-17)7-16-13-6-12(14)8-15-9-13/h6,8-9,11,16H,2-5,7,10H2,1H3/t11-/m0/s1. The van der Waals surface area contributed by atoms with Gasteiger partial charge in [-0.15, -0.1) is 0 Å². The molecule has 1 aliphatic heterocycles. The summed E-state index contributed by atoms with van der Waals surface area (Å²) >= 11 is 3.42. The summed E-state index contributed by atoms with van der Waals surface area (Å²) in [5.74, 6) is 0.613. The molecule has 2 rings (SSSR count). The molecule has 1 N–H and O–H groups in total. The molecule has 0 unspecified atom stereocenters. The molecule has 1 aromatic heterocycles. The predicted molar refractivity (Wildman–Crippen MR) is 76.8 cm³/mol. The number of ether oxygens (including phenoxy) is 1. The number of hydrogen-bond donors (Lipinski definition) is 1. The highest BCUT2D eigenvalue weighted by Gasteiger charge is 2.13. The van der Waals surface area contributed by atoms with Gasteiger partial charge >= 0.3 is 0 Å². The fraction of sp³-hybridized carbons (Fsp3) is 0.615. The first-order valence-electron chi connectivity index (χ1n) is 6.38. The highest BCUT2D eigenvalue weighted by molar-refractivity contribution is 9.10. The van der Waals surface area contributed by atoms with E-state index in [-0.39, 0.29) is 0 Å². The van der Waals surface area contributed by atoms with Crippen LogP contribution < -0.4 is 5.32 Å². The number of aromatic nitrogens is 1. The van der Waals surface area contributed by atoms with Crippen LogP contribution in [0.3, 0.4) is 0 Å². The minimum Gasteiger partial charge on any atom is -0.383 e. The third-order valence-electron chi connectivity index (χ3n) is 3.03. The van der Waals surface area contributed by atoms with Gasteiger partial charge in [0.1, 0.15) is 0 Å². The van der Waals surface area contributed by atoms with Gasteiger partial charge in [0.2, 0.25) is 0 Å². The summed E-state index contributed by atoms with van der Waals surface area (Å²) in [5, 5.41) is 3.42. The van der Waals surface area contributed by atoms with E-state index in [1.807, 2.05) is 6.20 Å². The smallest absolute Gasteiger partial charge is 0.0594 e. The van der Waals surface area contributed by atoms with E-state index in [1.165, 1.54) is 0 Å². The summed E-state index contributed by atoms with van der Waals surface area (Å²) in [4.78, 5) is 6.61. The van der Waals surface area contributed by atoms with Crippen LogP contribution in [0.5, 0.6) is 0 Å². The van der Waals surface area contributed by atoms with Crippen molar-refractivity contribution in [3.63, 3.8) is 0 Å². The lowest BCUT2D eigenvalue weighted by Gasteiger charge is -2.29. The number of rotatable bonds is 5. The Balaban J connectivity index is 1.72. The summed E-state index contributed by atoms with van der Waals surface area (Å²) in [6, 6.07) is 2.05. The normalized spacial score (nSPS) is 18.6. The van der Waals surface area contributed by atoms with Gasteiger partial charge in [-0.2, -0.15) is 0 Å². The van der Waals surface area contributed by atoms with Gasteiger partial charge in [0.05, 0.1) is 25.1 Å². The van der Waals surface area contributed by atoms with Crippen LogP contribution in [0.15, 0.2) is 22.9 Å². The first-order chi connectivity index (χ1) is 8.74. The van der Waals surface area contributed by atoms with Gasteiger partial charge in [0.25, 0.3) is 0 Å². The second-order valence-corrected chi connectivity index (χ2v) is 5.71. The van der Waals surface area contributed by atoms with Gasteiger partial charge in [-0.25, -0.2) is 0 Å². The summed E-state index contributed by atoms with van der Waals surface area (Å²) in [6.45, 7) is 8.22.